The molecule has 1 aliphatic rings. The van der Waals surface area contributed by atoms with E-state index in [2.05, 4.69) is 10.5 Å². The Morgan fingerprint density at radius 1 is 1.42 bits per heavy atom. The fourth-order valence-electron chi connectivity index (χ4n) is 3.27. The Labute approximate surface area is 140 Å². The van der Waals surface area contributed by atoms with E-state index >= 15 is 0 Å². The van der Waals surface area contributed by atoms with Crippen molar-refractivity contribution in [2.45, 2.75) is 44.7 Å². The summed E-state index contributed by atoms with van der Waals surface area (Å²) in [5.41, 5.74) is 1.74. The molecule has 2 aromatic rings. The van der Waals surface area contributed by atoms with Crippen LogP contribution in [0.5, 0.6) is 0 Å². The quantitative estimate of drug-likeness (QED) is 0.931. The first kappa shape index (κ1) is 16.5. The first-order valence-electron chi connectivity index (χ1n) is 8.20. The van der Waals surface area contributed by atoms with Crippen molar-refractivity contribution in [2.24, 2.45) is 0 Å². The van der Waals surface area contributed by atoms with E-state index in [0.29, 0.717) is 12.5 Å². The molecule has 0 aliphatic heterocycles. The number of amides is 2. The third kappa shape index (κ3) is 3.93. The van der Waals surface area contributed by atoms with E-state index in [1.807, 2.05) is 19.1 Å². The lowest BCUT2D eigenvalue weighted by molar-refractivity contribution is 0.201. The van der Waals surface area contributed by atoms with Crippen molar-refractivity contribution in [2.75, 3.05) is 7.05 Å². The zero-order valence-electron chi connectivity index (χ0n) is 14.0. The van der Waals surface area contributed by atoms with Crippen LogP contribution >= 0.6 is 0 Å². The highest BCUT2D eigenvalue weighted by atomic mass is 19.1. The van der Waals surface area contributed by atoms with Crippen LogP contribution in [0.4, 0.5) is 9.18 Å². The van der Waals surface area contributed by atoms with Gasteiger partial charge in [-0.05, 0) is 49.8 Å². The lowest BCUT2D eigenvalue weighted by Gasteiger charge is -2.20. The van der Waals surface area contributed by atoms with Gasteiger partial charge in [0.15, 0.2) is 0 Å². The number of halogens is 1. The van der Waals surface area contributed by atoms with E-state index in [0.717, 1.165) is 36.3 Å². The van der Waals surface area contributed by atoms with Crippen LogP contribution in [-0.4, -0.2) is 29.2 Å². The maximum atomic E-state index is 13.4. The molecule has 1 heterocycles. The van der Waals surface area contributed by atoms with Gasteiger partial charge in [0.05, 0.1) is 6.54 Å². The number of aromatic nitrogens is 1. The molecule has 3 rings (SSSR count). The first-order valence-corrected chi connectivity index (χ1v) is 8.20. The summed E-state index contributed by atoms with van der Waals surface area (Å²) in [7, 11) is 1.73. The molecule has 6 heteroatoms. The molecule has 2 amide bonds. The van der Waals surface area contributed by atoms with Crippen LogP contribution < -0.4 is 5.32 Å². The summed E-state index contributed by atoms with van der Waals surface area (Å²) in [6.07, 6.45) is 2.70. The van der Waals surface area contributed by atoms with Gasteiger partial charge in [-0.3, -0.25) is 0 Å². The van der Waals surface area contributed by atoms with Crippen LogP contribution in [0.25, 0.3) is 0 Å². The highest BCUT2D eigenvalue weighted by Crippen LogP contribution is 2.34. The number of nitrogens with one attached hydrogen (secondary N) is 1. The number of hydrogen-bond acceptors (Lipinski definition) is 3. The fourth-order valence-corrected chi connectivity index (χ4v) is 3.27. The molecule has 0 bridgehead atoms. The summed E-state index contributed by atoms with van der Waals surface area (Å²) in [6, 6.07) is 8.56. The number of nitrogens with zero attached hydrogens (tertiary/aromatic N) is 2. The molecule has 5 nitrogen and oxygen atoms in total. The van der Waals surface area contributed by atoms with Crippen molar-refractivity contribution in [3.63, 3.8) is 0 Å². The summed E-state index contributed by atoms with van der Waals surface area (Å²) in [5.74, 6) is 0.824. The third-order valence-corrected chi connectivity index (χ3v) is 4.50. The van der Waals surface area contributed by atoms with E-state index in [-0.39, 0.29) is 17.9 Å². The highest BCUT2D eigenvalue weighted by molar-refractivity contribution is 5.74. The topological polar surface area (TPSA) is 58.4 Å². The minimum Gasteiger partial charge on any atom is -0.361 e. The predicted molar refractivity (Wildman–Crippen MR) is 88.0 cm³/mol. The molecule has 1 aliphatic carbocycles. The second-order valence-electron chi connectivity index (χ2n) is 6.50. The van der Waals surface area contributed by atoms with E-state index in [1.165, 1.54) is 6.07 Å². The van der Waals surface area contributed by atoms with Crippen LogP contribution in [-0.2, 0) is 6.54 Å². The second kappa shape index (κ2) is 7.03. The van der Waals surface area contributed by atoms with E-state index in [1.54, 1.807) is 24.1 Å². The first-order chi connectivity index (χ1) is 11.5. The molecule has 128 valence electrons. The zero-order chi connectivity index (χ0) is 17.1. The predicted octanol–water partition coefficient (Wildman–Crippen LogP) is 3.60. The van der Waals surface area contributed by atoms with Gasteiger partial charge in [-0.2, -0.15) is 0 Å². The molecule has 1 aromatic carbocycles. The largest absolute Gasteiger partial charge is 0.361 e. The molecule has 0 unspecified atom stereocenters. The Morgan fingerprint density at radius 3 is 2.96 bits per heavy atom. The number of urea groups is 1. The van der Waals surface area contributed by atoms with Gasteiger partial charge in [-0.25, -0.2) is 9.18 Å². The molecule has 1 fully saturated rings. The van der Waals surface area contributed by atoms with E-state index < -0.39 is 0 Å². The molecule has 1 N–H and O–H groups in total. The van der Waals surface area contributed by atoms with Crippen LogP contribution in [0.2, 0.25) is 0 Å². The van der Waals surface area contributed by atoms with Crippen LogP contribution in [0.15, 0.2) is 34.9 Å². The Hall–Kier alpha value is -2.37. The average molecular weight is 331 g/mol. The standard InChI is InChI=1S/C18H22FN3O2/c1-12-8-17(21-24-12)11-22(2)18(23)20-16-7-6-14(10-16)13-4-3-5-15(19)9-13/h3-5,8-9,14,16H,6-7,10-11H2,1-2H3,(H,20,23)/t14-,16+/m0/s1. The second-order valence-corrected chi connectivity index (χ2v) is 6.50. The van der Waals surface area contributed by atoms with Gasteiger partial charge in [0, 0.05) is 19.2 Å². The smallest absolute Gasteiger partial charge is 0.317 e. The summed E-state index contributed by atoms with van der Waals surface area (Å²) in [6.45, 7) is 2.23. The van der Waals surface area contributed by atoms with Gasteiger partial charge < -0.3 is 14.7 Å². The Kier molecular flexibility index (Phi) is 4.83. The average Bonchev–Trinajstić information content (AvgIpc) is 3.16. The minimum atomic E-state index is -0.206. The van der Waals surface area contributed by atoms with Gasteiger partial charge in [-0.1, -0.05) is 17.3 Å². The number of hydrogen-bond donors (Lipinski definition) is 1. The number of rotatable bonds is 4. The number of carbonyl (C=O) groups is 1. The number of benzene rings is 1. The molecule has 0 saturated heterocycles. The number of aryl methyl sites for hydroxylation is 1. The van der Waals surface area contributed by atoms with Crippen molar-refractivity contribution in [3.05, 3.63) is 53.2 Å². The maximum Gasteiger partial charge on any atom is 0.317 e. The van der Waals surface area contributed by atoms with Crippen LogP contribution in [0.1, 0.15) is 42.2 Å². The zero-order valence-corrected chi connectivity index (χ0v) is 14.0. The molecule has 24 heavy (non-hydrogen) atoms. The Morgan fingerprint density at radius 2 is 2.25 bits per heavy atom. The van der Waals surface area contributed by atoms with Gasteiger partial charge in [0.2, 0.25) is 0 Å². The normalized spacial score (nSPS) is 20.1. The lowest BCUT2D eigenvalue weighted by Crippen LogP contribution is -2.41. The van der Waals surface area contributed by atoms with Gasteiger partial charge in [0.25, 0.3) is 0 Å². The minimum absolute atomic E-state index is 0.118. The molecular weight excluding hydrogens is 309 g/mol. The van der Waals surface area contributed by atoms with Crippen molar-refractivity contribution in [1.29, 1.82) is 0 Å². The third-order valence-electron chi connectivity index (χ3n) is 4.50. The molecule has 0 radical (unpaired) electrons. The van der Waals surface area contributed by atoms with Gasteiger partial charge >= 0.3 is 6.03 Å². The van der Waals surface area contributed by atoms with Crippen molar-refractivity contribution in [3.8, 4) is 0 Å². The monoisotopic (exact) mass is 331 g/mol. The van der Waals surface area contributed by atoms with Crippen molar-refractivity contribution < 1.29 is 13.7 Å². The summed E-state index contributed by atoms with van der Waals surface area (Å²) in [4.78, 5) is 13.9. The van der Waals surface area contributed by atoms with Gasteiger partial charge in [-0.15, -0.1) is 0 Å². The van der Waals surface area contributed by atoms with Crippen molar-refractivity contribution >= 4 is 6.03 Å². The molecule has 1 aromatic heterocycles. The summed E-state index contributed by atoms with van der Waals surface area (Å²) in [5, 5.41) is 6.95. The Balaban J connectivity index is 1.52. The molecule has 2 atom stereocenters. The maximum absolute atomic E-state index is 13.4. The van der Waals surface area contributed by atoms with Crippen LogP contribution in [0, 0.1) is 12.7 Å². The SMILES string of the molecule is Cc1cc(CN(C)C(=O)N[C@@H]2CC[C@H](c3cccc(F)c3)C2)no1. The summed E-state index contributed by atoms with van der Waals surface area (Å²) < 4.78 is 18.4. The summed E-state index contributed by atoms with van der Waals surface area (Å²) >= 11 is 0. The highest BCUT2D eigenvalue weighted by Gasteiger charge is 2.28. The van der Waals surface area contributed by atoms with Crippen molar-refractivity contribution in [1.82, 2.24) is 15.4 Å². The fraction of sp³-hybridized carbons (Fsp3) is 0.444. The molecular formula is C18H22FN3O2. The van der Waals surface area contributed by atoms with E-state index in [4.69, 9.17) is 4.52 Å². The van der Waals surface area contributed by atoms with Gasteiger partial charge in [0.1, 0.15) is 17.3 Å². The number of carbonyl (C=O) groups excluding carboxylic acids is 1. The lowest BCUT2D eigenvalue weighted by atomic mass is 9.97. The van der Waals surface area contributed by atoms with Crippen LogP contribution in [0.3, 0.4) is 0 Å². The van der Waals surface area contributed by atoms with E-state index in [9.17, 15) is 9.18 Å². The Bertz CT molecular complexity index is 716. The molecule has 0 spiro atoms. The molecule has 1 saturated carbocycles.